The first-order valence-electron chi connectivity index (χ1n) is 11.3. The van der Waals surface area contributed by atoms with Gasteiger partial charge >= 0.3 is 0 Å². The molecule has 0 aliphatic carbocycles. The highest BCUT2D eigenvalue weighted by molar-refractivity contribution is 5.94. The summed E-state index contributed by atoms with van der Waals surface area (Å²) in [7, 11) is 3.12. The van der Waals surface area contributed by atoms with Gasteiger partial charge in [-0.3, -0.25) is 14.9 Å². The number of methoxy groups -OCH3 is 2. The summed E-state index contributed by atoms with van der Waals surface area (Å²) in [5.41, 5.74) is 2.53. The topological polar surface area (TPSA) is 85.7 Å². The minimum atomic E-state index is -0.297. The Labute approximate surface area is 200 Å². The van der Waals surface area contributed by atoms with Crippen LogP contribution in [0, 0.1) is 0 Å². The maximum Gasteiger partial charge on any atom is 0.246 e. The molecule has 1 aromatic heterocycles. The summed E-state index contributed by atoms with van der Waals surface area (Å²) in [5, 5.41) is 2.87. The van der Waals surface area contributed by atoms with E-state index in [4.69, 9.17) is 9.47 Å². The third-order valence-corrected chi connectivity index (χ3v) is 5.50. The molecular weight excluding hydrogens is 432 g/mol. The summed E-state index contributed by atoms with van der Waals surface area (Å²) in [6, 6.07) is 15.0. The second-order valence-corrected chi connectivity index (χ2v) is 8.13. The lowest BCUT2D eigenvalue weighted by Gasteiger charge is -2.26. The Morgan fingerprint density at radius 3 is 2.38 bits per heavy atom. The fourth-order valence-corrected chi connectivity index (χ4v) is 3.65. The van der Waals surface area contributed by atoms with Crippen molar-refractivity contribution in [3.05, 3.63) is 60.3 Å². The third kappa shape index (κ3) is 5.95. The maximum atomic E-state index is 13.1. The average molecular weight is 465 g/mol. The van der Waals surface area contributed by atoms with Gasteiger partial charge in [-0.15, -0.1) is 0 Å². The molecular formula is C26H32N4O4. The first kappa shape index (κ1) is 24.8. The molecule has 3 rings (SSSR count). The van der Waals surface area contributed by atoms with Crippen molar-refractivity contribution < 1.29 is 19.1 Å². The highest BCUT2D eigenvalue weighted by Gasteiger charge is 2.22. The third-order valence-electron chi connectivity index (χ3n) is 5.50. The summed E-state index contributed by atoms with van der Waals surface area (Å²) in [4.78, 5) is 32.1. The zero-order valence-corrected chi connectivity index (χ0v) is 20.4. The van der Waals surface area contributed by atoms with Gasteiger partial charge in [0.2, 0.25) is 17.8 Å². The predicted octanol–water partition coefficient (Wildman–Crippen LogP) is 4.01. The Hall–Kier alpha value is -3.81. The number of amides is 2. The molecule has 0 bridgehead atoms. The highest BCUT2D eigenvalue weighted by atomic mass is 16.5. The molecule has 0 aliphatic rings. The van der Waals surface area contributed by atoms with Crippen LogP contribution in [-0.2, 0) is 22.6 Å². The first-order chi connectivity index (χ1) is 16.4. The molecule has 0 unspecified atom stereocenters. The van der Waals surface area contributed by atoms with Crippen molar-refractivity contribution in [2.75, 3.05) is 26.1 Å². The minimum absolute atomic E-state index is 0.0684. The number of rotatable bonds is 10. The standard InChI is InChI=1S/C26H32N4O4/c1-6-29-16-21(20-10-8-7-9-11-20)27-26(29)28-24(31)17-30(18(2)3)25(32)15-19-12-13-22(33-4)23(14-19)34-5/h7-14,16,18H,6,15,17H2,1-5H3,(H,27,28,31). The van der Waals surface area contributed by atoms with Crippen molar-refractivity contribution >= 4 is 17.8 Å². The molecule has 34 heavy (non-hydrogen) atoms. The molecule has 1 heterocycles. The van der Waals surface area contributed by atoms with E-state index in [1.165, 1.54) is 0 Å². The molecule has 3 aromatic rings. The molecule has 2 aromatic carbocycles. The van der Waals surface area contributed by atoms with Crippen molar-refractivity contribution in [2.45, 2.75) is 39.8 Å². The molecule has 180 valence electrons. The van der Waals surface area contributed by atoms with Crippen molar-refractivity contribution in [1.29, 1.82) is 0 Å². The second-order valence-electron chi connectivity index (χ2n) is 8.13. The van der Waals surface area contributed by atoms with E-state index in [0.717, 1.165) is 16.8 Å². The number of imidazole rings is 1. The number of anilines is 1. The van der Waals surface area contributed by atoms with Gasteiger partial charge in [-0.05, 0) is 38.5 Å². The summed E-state index contributed by atoms with van der Waals surface area (Å²) < 4.78 is 12.5. The first-order valence-corrected chi connectivity index (χ1v) is 11.3. The number of aromatic nitrogens is 2. The number of carbonyl (C=O) groups is 2. The number of nitrogens with zero attached hydrogens (tertiary/aromatic N) is 3. The van der Waals surface area contributed by atoms with E-state index in [2.05, 4.69) is 10.3 Å². The summed E-state index contributed by atoms with van der Waals surface area (Å²) in [5.74, 6) is 1.17. The number of hydrogen-bond acceptors (Lipinski definition) is 5. The van der Waals surface area contributed by atoms with E-state index >= 15 is 0 Å². The van der Waals surface area contributed by atoms with Crippen LogP contribution in [-0.4, -0.2) is 53.1 Å². The molecule has 0 aliphatic heterocycles. The van der Waals surface area contributed by atoms with Crippen molar-refractivity contribution in [2.24, 2.45) is 0 Å². The largest absolute Gasteiger partial charge is 0.493 e. The number of benzene rings is 2. The Morgan fingerprint density at radius 2 is 1.76 bits per heavy atom. The van der Waals surface area contributed by atoms with Crippen LogP contribution in [0.5, 0.6) is 11.5 Å². The van der Waals surface area contributed by atoms with E-state index in [9.17, 15) is 9.59 Å². The maximum absolute atomic E-state index is 13.1. The molecule has 0 saturated carbocycles. The van der Waals surface area contributed by atoms with Crippen LogP contribution < -0.4 is 14.8 Å². The van der Waals surface area contributed by atoms with Crippen LogP contribution in [0.25, 0.3) is 11.3 Å². The van der Waals surface area contributed by atoms with E-state index in [1.807, 2.05) is 67.9 Å². The zero-order valence-electron chi connectivity index (χ0n) is 20.4. The quantitative estimate of drug-likeness (QED) is 0.490. The van der Waals surface area contributed by atoms with E-state index in [1.54, 1.807) is 31.3 Å². The van der Waals surface area contributed by atoms with Crippen LogP contribution in [0.2, 0.25) is 0 Å². The van der Waals surface area contributed by atoms with Crippen molar-refractivity contribution in [3.8, 4) is 22.8 Å². The lowest BCUT2D eigenvalue weighted by Crippen LogP contribution is -2.43. The van der Waals surface area contributed by atoms with Gasteiger partial charge in [0, 0.05) is 24.3 Å². The molecule has 8 nitrogen and oxygen atoms in total. The Kier molecular flexibility index (Phi) is 8.29. The summed E-state index contributed by atoms with van der Waals surface area (Å²) in [6.45, 7) is 6.35. The molecule has 0 fully saturated rings. The molecule has 0 atom stereocenters. The number of aryl methyl sites for hydroxylation is 1. The predicted molar refractivity (Wildman–Crippen MR) is 132 cm³/mol. The monoisotopic (exact) mass is 464 g/mol. The van der Waals surface area contributed by atoms with Crippen LogP contribution in [0.3, 0.4) is 0 Å². The SMILES string of the molecule is CCn1cc(-c2ccccc2)nc1NC(=O)CN(C(=O)Cc1ccc(OC)c(OC)c1)C(C)C. The summed E-state index contributed by atoms with van der Waals surface area (Å²) in [6.07, 6.45) is 2.06. The molecule has 8 heteroatoms. The lowest BCUT2D eigenvalue weighted by molar-refractivity contribution is -0.135. The number of nitrogens with one attached hydrogen (secondary N) is 1. The van der Waals surface area contributed by atoms with Gasteiger partial charge in [0.05, 0.1) is 26.3 Å². The molecule has 0 saturated heterocycles. The van der Waals surface area contributed by atoms with E-state index in [0.29, 0.717) is 24.0 Å². The van der Waals surface area contributed by atoms with E-state index in [-0.39, 0.29) is 30.8 Å². The Balaban J connectivity index is 1.70. The minimum Gasteiger partial charge on any atom is -0.493 e. The molecule has 2 amide bonds. The lowest BCUT2D eigenvalue weighted by atomic mass is 10.1. The molecule has 0 spiro atoms. The van der Waals surface area contributed by atoms with Crippen molar-refractivity contribution in [1.82, 2.24) is 14.5 Å². The normalized spacial score (nSPS) is 10.8. The zero-order chi connectivity index (χ0) is 24.7. The van der Waals surface area contributed by atoms with Gasteiger partial charge in [0.1, 0.15) is 6.54 Å². The van der Waals surface area contributed by atoms with Crippen LogP contribution in [0.4, 0.5) is 5.95 Å². The number of ether oxygens (including phenoxy) is 2. The smallest absolute Gasteiger partial charge is 0.246 e. The second kappa shape index (κ2) is 11.4. The van der Waals surface area contributed by atoms with E-state index < -0.39 is 0 Å². The average Bonchev–Trinajstić information content (AvgIpc) is 3.25. The Bertz CT molecular complexity index is 1130. The fraction of sp³-hybridized carbons (Fsp3) is 0.346. The van der Waals surface area contributed by atoms with Crippen LogP contribution in [0.15, 0.2) is 54.7 Å². The fourth-order valence-electron chi connectivity index (χ4n) is 3.65. The van der Waals surface area contributed by atoms with Gasteiger partial charge in [-0.1, -0.05) is 36.4 Å². The summed E-state index contributed by atoms with van der Waals surface area (Å²) >= 11 is 0. The van der Waals surface area contributed by atoms with Crippen LogP contribution in [0.1, 0.15) is 26.3 Å². The van der Waals surface area contributed by atoms with Gasteiger partial charge in [-0.2, -0.15) is 0 Å². The molecule has 1 N–H and O–H groups in total. The highest BCUT2D eigenvalue weighted by Crippen LogP contribution is 2.28. The van der Waals surface area contributed by atoms with Crippen molar-refractivity contribution in [3.63, 3.8) is 0 Å². The number of hydrogen-bond donors (Lipinski definition) is 1. The van der Waals surface area contributed by atoms with Gasteiger partial charge < -0.3 is 18.9 Å². The van der Waals surface area contributed by atoms with Gasteiger partial charge in [0.25, 0.3) is 0 Å². The van der Waals surface area contributed by atoms with Gasteiger partial charge in [-0.25, -0.2) is 4.98 Å². The number of carbonyl (C=O) groups excluding carboxylic acids is 2. The van der Waals surface area contributed by atoms with Gasteiger partial charge in [0.15, 0.2) is 11.5 Å². The Morgan fingerprint density at radius 1 is 1.06 bits per heavy atom. The molecule has 0 radical (unpaired) electrons. The van der Waals surface area contributed by atoms with Crippen LogP contribution >= 0.6 is 0 Å².